The molecule has 0 radical (unpaired) electrons. The van der Waals surface area contributed by atoms with Crippen molar-refractivity contribution in [1.82, 2.24) is 0 Å². The van der Waals surface area contributed by atoms with E-state index in [9.17, 15) is 13.5 Å². The van der Waals surface area contributed by atoms with Gasteiger partial charge in [-0.2, -0.15) is 0 Å². The van der Waals surface area contributed by atoms with Gasteiger partial charge in [-0.25, -0.2) is 8.42 Å². The van der Waals surface area contributed by atoms with Crippen molar-refractivity contribution < 1.29 is 13.5 Å². The first-order valence-corrected chi connectivity index (χ1v) is 12.7. The topological polar surface area (TPSA) is 54.4 Å². The van der Waals surface area contributed by atoms with E-state index in [0.717, 1.165) is 23.1 Å². The molecule has 0 bridgehead atoms. The number of aryl methyl sites for hydroxylation is 1. The lowest BCUT2D eigenvalue weighted by Crippen LogP contribution is -2.20. The van der Waals surface area contributed by atoms with Crippen molar-refractivity contribution in [1.29, 1.82) is 0 Å². The minimum Gasteiger partial charge on any atom is -0.392 e. The first-order chi connectivity index (χ1) is 14.5. The van der Waals surface area contributed by atoms with Crippen LogP contribution >= 0.6 is 0 Å². The number of hydrogen-bond donors (Lipinski definition) is 1. The van der Waals surface area contributed by atoms with Crippen LogP contribution in [0, 0.1) is 12.3 Å². The van der Waals surface area contributed by atoms with E-state index in [1.807, 2.05) is 39.0 Å². The molecule has 1 unspecified atom stereocenters. The second-order valence-corrected chi connectivity index (χ2v) is 11.7. The van der Waals surface area contributed by atoms with Gasteiger partial charge >= 0.3 is 0 Å². The van der Waals surface area contributed by atoms with E-state index in [2.05, 4.69) is 32.9 Å². The molecule has 1 aromatic carbocycles. The van der Waals surface area contributed by atoms with Crippen LogP contribution in [-0.2, 0) is 9.84 Å². The summed E-state index contributed by atoms with van der Waals surface area (Å²) in [6, 6.07) is 7.02. The number of aliphatic hydroxyl groups excluding tert-OH is 1. The van der Waals surface area contributed by atoms with Crippen molar-refractivity contribution >= 4 is 9.84 Å². The van der Waals surface area contributed by atoms with Crippen LogP contribution in [0.3, 0.4) is 0 Å². The molecule has 0 heterocycles. The Bertz CT molecular complexity index is 987. The third-order valence-corrected chi connectivity index (χ3v) is 8.24. The molecule has 1 aromatic rings. The van der Waals surface area contributed by atoms with E-state index in [1.165, 1.54) is 24.0 Å². The van der Waals surface area contributed by atoms with E-state index in [4.69, 9.17) is 0 Å². The summed E-state index contributed by atoms with van der Waals surface area (Å²) in [6.07, 6.45) is 11.6. The van der Waals surface area contributed by atoms with Crippen molar-refractivity contribution in [3.63, 3.8) is 0 Å². The second-order valence-electron chi connectivity index (χ2n) is 9.51. The molecule has 0 aliphatic heterocycles. The average molecular weight is 443 g/mol. The van der Waals surface area contributed by atoms with Crippen molar-refractivity contribution in [3.8, 4) is 0 Å². The molecule has 0 aromatic heterocycles. The second kappa shape index (κ2) is 10.6. The lowest BCUT2D eigenvalue weighted by atomic mass is 9.72. The third kappa shape index (κ3) is 6.78. The smallest absolute Gasteiger partial charge is 0.185 e. The Hall–Kier alpha value is -1.91. The number of aliphatic hydroxyl groups is 1. The standard InChI is InChI=1S/C27H38O3S/c1-20-9-12-24(13-10-20)31(29,30)25(19-22(3)15-17-28)18-21(2)11-14-26-23(4)8-7-16-27(26,5)6/h9-15,18,25,28H,7-8,16-17,19H2,1-6H3/b14-11+,21-18+,22-15+. The molecule has 1 aliphatic carbocycles. The fourth-order valence-electron chi connectivity index (χ4n) is 4.29. The zero-order chi connectivity index (χ0) is 23.2. The normalized spacial score (nSPS) is 19.2. The molecule has 1 atom stereocenters. The molecule has 0 fully saturated rings. The maximum Gasteiger partial charge on any atom is 0.185 e. The Morgan fingerprint density at radius 3 is 2.39 bits per heavy atom. The Morgan fingerprint density at radius 1 is 1.16 bits per heavy atom. The maximum absolute atomic E-state index is 13.4. The highest BCUT2D eigenvalue weighted by molar-refractivity contribution is 7.92. The van der Waals surface area contributed by atoms with Crippen LogP contribution in [0.5, 0.6) is 0 Å². The van der Waals surface area contributed by atoms with E-state index in [0.29, 0.717) is 11.3 Å². The largest absolute Gasteiger partial charge is 0.392 e. The number of sulfone groups is 1. The van der Waals surface area contributed by atoms with Crippen molar-refractivity contribution in [3.05, 3.63) is 76.4 Å². The van der Waals surface area contributed by atoms with Crippen LogP contribution in [-0.4, -0.2) is 25.4 Å². The van der Waals surface area contributed by atoms with E-state index in [1.54, 1.807) is 18.2 Å². The van der Waals surface area contributed by atoms with E-state index in [-0.39, 0.29) is 12.0 Å². The zero-order valence-electron chi connectivity index (χ0n) is 19.9. The van der Waals surface area contributed by atoms with Gasteiger partial charge in [0.2, 0.25) is 0 Å². The SMILES string of the molecule is CC1=C(/C=C/C(C)=C/C(C/C(C)=C/CO)S(=O)(=O)c2ccc(C)cc2)C(C)(C)CCC1. The number of allylic oxidation sites excluding steroid dienone is 6. The number of hydrogen-bond acceptors (Lipinski definition) is 3. The molecule has 2 rings (SSSR count). The van der Waals surface area contributed by atoms with Gasteiger partial charge in [0.15, 0.2) is 9.84 Å². The first kappa shape index (κ1) is 25.4. The quantitative estimate of drug-likeness (QED) is 0.369. The summed E-state index contributed by atoms with van der Waals surface area (Å²) >= 11 is 0. The highest BCUT2D eigenvalue weighted by atomic mass is 32.2. The van der Waals surface area contributed by atoms with Gasteiger partial charge in [0.1, 0.15) is 0 Å². The summed E-state index contributed by atoms with van der Waals surface area (Å²) in [5.74, 6) is 0. The third-order valence-electron chi connectivity index (χ3n) is 6.22. The Morgan fingerprint density at radius 2 is 1.81 bits per heavy atom. The van der Waals surface area contributed by atoms with Gasteiger partial charge in [-0.1, -0.05) is 72.6 Å². The van der Waals surface area contributed by atoms with Crippen LogP contribution in [0.1, 0.15) is 65.9 Å². The summed E-state index contributed by atoms with van der Waals surface area (Å²) in [5.41, 5.74) is 5.75. The molecular formula is C27H38O3S. The van der Waals surface area contributed by atoms with Gasteiger partial charge in [0, 0.05) is 0 Å². The maximum atomic E-state index is 13.4. The van der Waals surface area contributed by atoms with Gasteiger partial charge in [0.05, 0.1) is 16.8 Å². The summed E-state index contributed by atoms with van der Waals surface area (Å²) < 4.78 is 26.8. The minimum absolute atomic E-state index is 0.0890. The lowest BCUT2D eigenvalue weighted by molar-refractivity contribution is 0.341. The van der Waals surface area contributed by atoms with Crippen molar-refractivity contribution in [2.45, 2.75) is 77.4 Å². The Kier molecular flexibility index (Phi) is 8.67. The molecule has 0 saturated heterocycles. The predicted molar refractivity (Wildman–Crippen MR) is 131 cm³/mol. The van der Waals surface area contributed by atoms with Crippen molar-refractivity contribution in [2.75, 3.05) is 6.61 Å². The minimum atomic E-state index is -3.55. The molecule has 4 heteroatoms. The first-order valence-electron chi connectivity index (χ1n) is 11.1. The molecule has 0 amide bonds. The zero-order valence-corrected chi connectivity index (χ0v) is 20.7. The molecule has 3 nitrogen and oxygen atoms in total. The Labute approximate surface area is 189 Å². The van der Waals surface area contributed by atoms with Crippen LogP contribution in [0.15, 0.2) is 75.8 Å². The van der Waals surface area contributed by atoms with Crippen LogP contribution in [0.4, 0.5) is 0 Å². The molecule has 1 aliphatic rings. The molecule has 0 saturated carbocycles. The van der Waals surface area contributed by atoms with Crippen LogP contribution in [0.25, 0.3) is 0 Å². The summed E-state index contributed by atoms with van der Waals surface area (Å²) in [6.45, 7) is 12.4. The molecular weight excluding hydrogens is 404 g/mol. The molecule has 170 valence electrons. The lowest BCUT2D eigenvalue weighted by Gasteiger charge is -2.33. The van der Waals surface area contributed by atoms with Crippen molar-refractivity contribution in [2.24, 2.45) is 5.41 Å². The average Bonchev–Trinajstić information content (AvgIpc) is 2.67. The molecule has 1 N–H and O–H groups in total. The molecule has 31 heavy (non-hydrogen) atoms. The Balaban J connectivity index is 2.41. The summed E-state index contributed by atoms with van der Waals surface area (Å²) in [7, 11) is -3.55. The number of benzene rings is 1. The van der Waals surface area contributed by atoms with Crippen LogP contribution in [0.2, 0.25) is 0 Å². The molecule has 0 spiro atoms. The van der Waals surface area contributed by atoms with Gasteiger partial charge in [-0.15, -0.1) is 0 Å². The highest BCUT2D eigenvalue weighted by Crippen LogP contribution is 2.40. The fraction of sp³-hybridized carbons (Fsp3) is 0.481. The van der Waals surface area contributed by atoms with Gasteiger partial charge in [-0.05, 0) is 76.5 Å². The van der Waals surface area contributed by atoms with Gasteiger partial charge < -0.3 is 5.11 Å². The fourth-order valence-corrected chi connectivity index (χ4v) is 6.03. The predicted octanol–water partition coefficient (Wildman–Crippen LogP) is 6.50. The van der Waals surface area contributed by atoms with Gasteiger partial charge in [-0.3, -0.25) is 0 Å². The van der Waals surface area contributed by atoms with E-state index < -0.39 is 15.1 Å². The highest BCUT2D eigenvalue weighted by Gasteiger charge is 2.27. The summed E-state index contributed by atoms with van der Waals surface area (Å²) in [5, 5.41) is 8.54. The monoisotopic (exact) mass is 442 g/mol. The summed E-state index contributed by atoms with van der Waals surface area (Å²) in [4.78, 5) is 0.333. The van der Waals surface area contributed by atoms with E-state index >= 15 is 0 Å². The van der Waals surface area contributed by atoms with Gasteiger partial charge in [0.25, 0.3) is 0 Å². The number of rotatable bonds is 8. The van der Waals surface area contributed by atoms with Crippen LogP contribution < -0.4 is 0 Å².